The number of carbonyl (C=O) groups excluding carboxylic acids is 1. The Balaban J connectivity index is 2.36. The van der Waals surface area contributed by atoms with Crippen LogP contribution < -0.4 is 11.3 Å². The van der Waals surface area contributed by atoms with Gasteiger partial charge in [0.05, 0.1) is 16.7 Å². The topological polar surface area (TPSA) is 95.3 Å². The molecule has 2 aromatic heterocycles. The molecule has 2 N–H and O–H groups in total. The summed E-state index contributed by atoms with van der Waals surface area (Å²) in [6, 6.07) is 3.98. The summed E-state index contributed by atoms with van der Waals surface area (Å²) >= 11 is 1.12. The van der Waals surface area contributed by atoms with Crippen LogP contribution in [0.5, 0.6) is 0 Å². The molecule has 2 heterocycles. The third-order valence-corrected chi connectivity index (χ3v) is 4.27. The van der Waals surface area contributed by atoms with Gasteiger partial charge in [-0.25, -0.2) is 4.39 Å². The maximum atomic E-state index is 13.6. The average Bonchev–Trinajstić information content (AvgIpc) is 2.93. The lowest BCUT2D eigenvalue weighted by atomic mass is 10.2. The maximum Gasteiger partial charge on any atom is 0.262 e. The highest BCUT2D eigenvalue weighted by molar-refractivity contribution is 7.99. The van der Waals surface area contributed by atoms with Crippen LogP contribution in [0.4, 0.5) is 4.39 Å². The summed E-state index contributed by atoms with van der Waals surface area (Å²) in [5.41, 5.74) is 5.35. The van der Waals surface area contributed by atoms with Gasteiger partial charge in [0, 0.05) is 6.54 Å². The summed E-state index contributed by atoms with van der Waals surface area (Å²) in [7, 11) is 0. The van der Waals surface area contributed by atoms with Crippen molar-refractivity contribution in [1.82, 2.24) is 19.2 Å². The Labute approximate surface area is 134 Å². The van der Waals surface area contributed by atoms with E-state index in [1.54, 1.807) is 4.40 Å². The van der Waals surface area contributed by atoms with Crippen molar-refractivity contribution in [2.24, 2.45) is 5.73 Å². The molecule has 0 bridgehead atoms. The summed E-state index contributed by atoms with van der Waals surface area (Å²) in [6.45, 7) is 2.37. The molecule has 0 saturated carbocycles. The minimum Gasteiger partial charge on any atom is -0.369 e. The number of benzene rings is 1. The van der Waals surface area contributed by atoms with Crippen LogP contribution in [0.1, 0.15) is 13.3 Å². The van der Waals surface area contributed by atoms with Crippen LogP contribution in [0.25, 0.3) is 16.7 Å². The third kappa shape index (κ3) is 2.67. The Morgan fingerprint density at radius 3 is 2.87 bits per heavy atom. The molecule has 0 unspecified atom stereocenters. The van der Waals surface area contributed by atoms with Gasteiger partial charge in [-0.2, -0.15) is 0 Å². The van der Waals surface area contributed by atoms with E-state index in [-0.39, 0.29) is 16.7 Å². The second kappa shape index (κ2) is 5.99. The molecule has 3 aromatic rings. The quantitative estimate of drug-likeness (QED) is 0.706. The Hall–Kier alpha value is -2.42. The van der Waals surface area contributed by atoms with E-state index in [9.17, 15) is 14.0 Å². The Morgan fingerprint density at radius 2 is 2.17 bits per heavy atom. The third-order valence-electron chi connectivity index (χ3n) is 3.32. The normalized spacial score (nSPS) is 11.4. The molecule has 0 aliphatic heterocycles. The van der Waals surface area contributed by atoms with Gasteiger partial charge >= 0.3 is 0 Å². The number of hydrogen-bond acceptors (Lipinski definition) is 5. The molecule has 0 fully saturated rings. The number of fused-ring (bicyclic) bond motifs is 3. The molecule has 120 valence electrons. The fourth-order valence-electron chi connectivity index (χ4n) is 2.41. The number of carbonyl (C=O) groups is 1. The van der Waals surface area contributed by atoms with Gasteiger partial charge in [0.2, 0.25) is 11.7 Å². The molecule has 23 heavy (non-hydrogen) atoms. The van der Waals surface area contributed by atoms with E-state index in [4.69, 9.17) is 5.73 Å². The number of halogens is 1. The van der Waals surface area contributed by atoms with Crippen LogP contribution >= 0.6 is 11.8 Å². The van der Waals surface area contributed by atoms with Gasteiger partial charge in [0.15, 0.2) is 5.16 Å². The predicted octanol–water partition coefficient (Wildman–Crippen LogP) is 1.17. The largest absolute Gasteiger partial charge is 0.369 e. The predicted molar refractivity (Wildman–Crippen MR) is 84.9 cm³/mol. The van der Waals surface area contributed by atoms with Gasteiger partial charge in [-0.1, -0.05) is 18.7 Å². The fourth-order valence-corrected chi connectivity index (χ4v) is 3.09. The van der Waals surface area contributed by atoms with E-state index >= 15 is 0 Å². The van der Waals surface area contributed by atoms with Crippen molar-refractivity contribution >= 4 is 34.3 Å². The maximum absolute atomic E-state index is 13.6. The first-order valence-corrected chi connectivity index (χ1v) is 7.99. The summed E-state index contributed by atoms with van der Waals surface area (Å²) in [5, 5.41) is 8.77. The first kappa shape index (κ1) is 15.5. The number of nitrogens with two attached hydrogens (primary N) is 1. The van der Waals surface area contributed by atoms with Gasteiger partial charge in [-0.05, 0) is 24.6 Å². The SMILES string of the molecule is CCCn1c(=O)c2cc(F)ccc2n2c(SCC(N)=O)nnc12. The number of amides is 1. The standard InChI is InChI=1S/C14H14FN5O2S/c1-2-5-19-12(22)9-6-8(15)3-4-10(9)20-13(19)17-18-14(20)23-7-11(16)21/h3-4,6H,2,5,7H2,1H3,(H2,16,21). The molecule has 0 aliphatic rings. The zero-order valence-electron chi connectivity index (χ0n) is 12.3. The highest BCUT2D eigenvalue weighted by atomic mass is 32.2. The first-order valence-electron chi connectivity index (χ1n) is 7.01. The van der Waals surface area contributed by atoms with E-state index in [2.05, 4.69) is 10.2 Å². The Morgan fingerprint density at radius 1 is 1.39 bits per heavy atom. The molecule has 0 saturated heterocycles. The second-order valence-electron chi connectivity index (χ2n) is 4.99. The van der Waals surface area contributed by atoms with Crippen LogP contribution in [0, 0.1) is 5.82 Å². The van der Waals surface area contributed by atoms with Crippen molar-refractivity contribution < 1.29 is 9.18 Å². The number of rotatable bonds is 5. The number of nitrogens with zero attached hydrogens (tertiary/aromatic N) is 4. The molecule has 3 rings (SSSR count). The highest BCUT2D eigenvalue weighted by Crippen LogP contribution is 2.22. The lowest BCUT2D eigenvalue weighted by Gasteiger charge is -2.10. The number of aromatic nitrogens is 4. The smallest absolute Gasteiger partial charge is 0.262 e. The van der Waals surface area contributed by atoms with Crippen molar-refractivity contribution in [3.05, 3.63) is 34.4 Å². The lowest BCUT2D eigenvalue weighted by Crippen LogP contribution is -2.23. The number of aryl methyl sites for hydroxylation is 1. The van der Waals surface area contributed by atoms with E-state index in [0.29, 0.717) is 29.4 Å². The van der Waals surface area contributed by atoms with E-state index in [1.165, 1.54) is 22.8 Å². The number of thioether (sulfide) groups is 1. The molecule has 9 heteroatoms. The minimum atomic E-state index is -0.489. The summed E-state index contributed by atoms with van der Waals surface area (Å²) in [5.74, 6) is -0.570. The van der Waals surface area contributed by atoms with Crippen LogP contribution in [-0.2, 0) is 11.3 Å². The van der Waals surface area contributed by atoms with Crippen LogP contribution in [0.2, 0.25) is 0 Å². The average molecular weight is 335 g/mol. The molecule has 7 nitrogen and oxygen atoms in total. The zero-order chi connectivity index (χ0) is 16.6. The molecular weight excluding hydrogens is 321 g/mol. The minimum absolute atomic E-state index is 0.0381. The van der Waals surface area contributed by atoms with Crippen molar-refractivity contribution in [3.63, 3.8) is 0 Å². The van der Waals surface area contributed by atoms with E-state index in [0.717, 1.165) is 11.8 Å². The number of primary amides is 1. The highest BCUT2D eigenvalue weighted by Gasteiger charge is 2.17. The lowest BCUT2D eigenvalue weighted by molar-refractivity contribution is -0.115. The molecule has 0 aliphatic carbocycles. The summed E-state index contributed by atoms with van der Waals surface area (Å²) < 4.78 is 16.7. The van der Waals surface area contributed by atoms with Gasteiger partial charge in [-0.15, -0.1) is 10.2 Å². The van der Waals surface area contributed by atoms with Crippen molar-refractivity contribution in [2.45, 2.75) is 25.0 Å². The molecule has 0 atom stereocenters. The summed E-state index contributed by atoms with van der Waals surface area (Å²) in [6.07, 6.45) is 0.715. The monoisotopic (exact) mass is 335 g/mol. The molecule has 0 radical (unpaired) electrons. The summed E-state index contributed by atoms with van der Waals surface area (Å²) in [4.78, 5) is 23.6. The second-order valence-corrected chi connectivity index (χ2v) is 5.93. The van der Waals surface area contributed by atoms with E-state index < -0.39 is 11.7 Å². The first-order chi connectivity index (χ1) is 11.0. The van der Waals surface area contributed by atoms with E-state index in [1.807, 2.05) is 6.92 Å². The van der Waals surface area contributed by atoms with Gasteiger partial charge < -0.3 is 5.73 Å². The van der Waals surface area contributed by atoms with Crippen molar-refractivity contribution in [3.8, 4) is 0 Å². The zero-order valence-corrected chi connectivity index (χ0v) is 13.1. The molecule has 1 amide bonds. The van der Waals surface area contributed by atoms with Crippen LogP contribution in [0.3, 0.4) is 0 Å². The van der Waals surface area contributed by atoms with Crippen LogP contribution in [0.15, 0.2) is 28.2 Å². The Kier molecular flexibility index (Phi) is 4.03. The fraction of sp³-hybridized carbons (Fsp3) is 0.286. The van der Waals surface area contributed by atoms with Gasteiger partial charge in [0.1, 0.15) is 5.82 Å². The van der Waals surface area contributed by atoms with Crippen molar-refractivity contribution in [2.75, 3.05) is 5.75 Å². The van der Waals surface area contributed by atoms with Crippen molar-refractivity contribution in [1.29, 1.82) is 0 Å². The van der Waals surface area contributed by atoms with Gasteiger partial charge in [0.25, 0.3) is 5.56 Å². The molecule has 1 aromatic carbocycles. The van der Waals surface area contributed by atoms with Gasteiger partial charge in [-0.3, -0.25) is 18.6 Å². The number of hydrogen-bond donors (Lipinski definition) is 1. The molecular formula is C14H14FN5O2S. The molecule has 0 spiro atoms. The van der Waals surface area contributed by atoms with Crippen LogP contribution in [-0.4, -0.2) is 30.8 Å². The Bertz CT molecular complexity index is 965.